The van der Waals surface area contributed by atoms with Crippen LogP contribution >= 0.6 is 0 Å². The highest BCUT2D eigenvalue weighted by Gasteiger charge is 2.21. The molecule has 2 aliphatic heterocycles. The molecule has 5 rings (SSSR count). The minimum Gasteiger partial charge on any atom is -0.493 e. The summed E-state index contributed by atoms with van der Waals surface area (Å²) >= 11 is 0. The van der Waals surface area contributed by atoms with Crippen molar-refractivity contribution in [2.45, 2.75) is 44.7 Å². The summed E-state index contributed by atoms with van der Waals surface area (Å²) in [5, 5.41) is 33.1. The lowest BCUT2D eigenvalue weighted by atomic mass is 10.1. The first-order valence-corrected chi connectivity index (χ1v) is 12.3. The molecular formula is C24H33N7O4. The van der Waals surface area contributed by atoms with Gasteiger partial charge in [0.05, 0.1) is 35.9 Å². The molecule has 2 aromatic heterocycles. The van der Waals surface area contributed by atoms with Gasteiger partial charge in [0.25, 0.3) is 0 Å². The Balaban J connectivity index is 1.26. The molecule has 2 saturated heterocycles. The predicted molar refractivity (Wildman–Crippen MR) is 130 cm³/mol. The van der Waals surface area contributed by atoms with Crippen LogP contribution in [0.25, 0.3) is 10.9 Å². The maximum atomic E-state index is 10.5. The number of hydroxylamine groups is 2. The summed E-state index contributed by atoms with van der Waals surface area (Å²) < 4.78 is 11.5. The van der Waals surface area contributed by atoms with Crippen LogP contribution in [-0.4, -0.2) is 85.9 Å². The second kappa shape index (κ2) is 11.2. The summed E-state index contributed by atoms with van der Waals surface area (Å²) in [7, 11) is 0. The second-order valence-corrected chi connectivity index (χ2v) is 9.17. The van der Waals surface area contributed by atoms with Crippen molar-refractivity contribution in [3.05, 3.63) is 30.1 Å². The Labute approximate surface area is 204 Å². The van der Waals surface area contributed by atoms with E-state index in [1.165, 1.54) is 31.0 Å². The van der Waals surface area contributed by atoms with Crippen LogP contribution < -0.4 is 10.1 Å². The zero-order valence-electron chi connectivity index (χ0n) is 19.8. The van der Waals surface area contributed by atoms with Gasteiger partial charge in [-0.1, -0.05) is 0 Å². The van der Waals surface area contributed by atoms with Crippen LogP contribution in [0, 0.1) is 0 Å². The fourth-order valence-electron chi connectivity index (χ4n) is 4.74. The number of benzene rings is 1. The van der Waals surface area contributed by atoms with Gasteiger partial charge >= 0.3 is 6.01 Å². The fourth-order valence-corrected chi connectivity index (χ4v) is 4.74. The van der Waals surface area contributed by atoms with E-state index in [4.69, 9.17) is 9.47 Å². The lowest BCUT2D eigenvalue weighted by molar-refractivity contribution is -0.156. The quantitative estimate of drug-likeness (QED) is 0.252. The predicted octanol–water partition coefficient (Wildman–Crippen LogP) is 3.04. The van der Waals surface area contributed by atoms with E-state index < -0.39 is 0 Å². The van der Waals surface area contributed by atoms with Crippen molar-refractivity contribution in [2.75, 3.05) is 44.8 Å². The summed E-state index contributed by atoms with van der Waals surface area (Å²) in [6.45, 7) is 5.47. The molecule has 0 bridgehead atoms. The maximum Gasteiger partial charge on any atom is 0.316 e. The number of hydrogen-bond acceptors (Lipinski definition) is 10. The van der Waals surface area contributed by atoms with Crippen molar-refractivity contribution in [3.63, 3.8) is 0 Å². The molecule has 0 radical (unpaired) electrons. The maximum absolute atomic E-state index is 10.5. The van der Waals surface area contributed by atoms with Crippen molar-refractivity contribution >= 4 is 22.4 Å². The van der Waals surface area contributed by atoms with Crippen LogP contribution in [0.2, 0.25) is 0 Å². The van der Waals surface area contributed by atoms with Crippen molar-refractivity contribution < 1.29 is 19.8 Å². The van der Waals surface area contributed by atoms with E-state index in [-0.39, 0.29) is 18.6 Å². The Bertz CT molecular complexity index is 1110. The number of aromatic hydroxyl groups is 1. The Morgan fingerprint density at radius 3 is 2.83 bits per heavy atom. The summed E-state index contributed by atoms with van der Waals surface area (Å²) in [4.78, 5) is 10.7. The molecule has 0 aliphatic carbocycles. The van der Waals surface area contributed by atoms with Gasteiger partial charge in [0, 0.05) is 43.6 Å². The highest BCUT2D eigenvalue weighted by molar-refractivity contribution is 5.88. The van der Waals surface area contributed by atoms with Crippen LogP contribution in [-0.2, 0) is 11.3 Å². The van der Waals surface area contributed by atoms with E-state index in [0.717, 1.165) is 48.1 Å². The van der Waals surface area contributed by atoms with E-state index >= 15 is 0 Å². The number of likely N-dealkylation sites (tertiary alicyclic amines) is 1. The number of aromatic amines is 1. The van der Waals surface area contributed by atoms with Gasteiger partial charge in [-0.05, 0) is 51.3 Å². The molecule has 0 unspecified atom stereocenters. The second-order valence-electron chi connectivity index (χ2n) is 9.17. The van der Waals surface area contributed by atoms with E-state index in [1.807, 2.05) is 12.1 Å². The largest absolute Gasteiger partial charge is 0.493 e. The first-order chi connectivity index (χ1) is 17.1. The minimum atomic E-state index is -0.355. The van der Waals surface area contributed by atoms with E-state index in [1.54, 1.807) is 12.3 Å². The first kappa shape index (κ1) is 23.7. The molecule has 4 heterocycles. The topological polar surface area (TPSA) is 132 Å². The van der Waals surface area contributed by atoms with Gasteiger partial charge in [0.1, 0.15) is 11.6 Å². The number of rotatable bonds is 10. The number of hydrogen-bond donors (Lipinski definition) is 4. The first-order valence-electron chi connectivity index (χ1n) is 12.3. The van der Waals surface area contributed by atoms with Crippen molar-refractivity contribution in [1.82, 2.24) is 30.1 Å². The van der Waals surface area contributed by atoms with Crippen LogP contribution in [0.1, 0.15) is 37.8 Å². The van der Waals surface area contributed by atoms with E-state index in [0.29, 0.717) is 31.3 Å². The average molecular weight is 484 g/mol. The number of H-pyrrole nitrogens is 1. The molecule has 0 atom stereocenters. The number of fused-ring (bicyclic) bond motifs is 1. The van der Waals surface area contributed by atoms with Crippen LogP contribution in [0.15, 0.2) is 24.4 Å². The molecule has 4 N–H and O–H groups in total. The van der Waals surface area contributed by atoms with Gasteiger partial charge in [0.15, 0.2) is 0 Å². The zero-order chi connectivity index (χ0) is 24.0. The summed E-state index contributed by atoms with van der Waals surface area (Å²) in [5.74, 6) is 1.16. The molecule has 1 aromatic carbocycles. The molecule has 3 aromatic rings. The molecule has 11 nitrogen and oxygen atoms in total. The van der Waals surface area contributed by atoms with Crippen molar-refractivity contribution in [2.24, 2.45) is 0 Å². The van der Waals surface area contributed by atoms with Crippen LogP contribution in [0.5, 0.6) is 11.8 Å². The third kappa shape index (κ3) is 6.17. The summed E-state index contributed by atoms with van der Waals surface area (Å²) in [5.41, 5.74) is 2.09. The molecule has 35 heavy (non-hydrogen) atoms. The van der Waals surface area contributed by atoms with Gasteiger partial charge in [-0.2, -0.15) is 20.1 Å². The SMILES string of the molecule is Oc1nc(CN(O)C2CCOCC2)cc(Nc2cc(OCCCN3CCCC3)c3cn[nH]c3c2)n1. The molecule has 2 aliphatic rings. The van der Waals surface area contributed by atoms with E-state index in [2.05, 4.69) is 30.4 Å². The van der Waals surface area contributed by atoms with E-state index in [9.17, 15) is 10.3 Å². The molecule has 188 valence electrons. The number of ether oxygens (including phenoxy) is 2. The molecule has 11 heteroatoms. The molecule has 0 spiro atoms. The molecular weight excluding hydrogens is 450 g/mol. The lowest BCUT2D eigenvalue weighted by Gasteiger charge is -2.29. The van der Waals surface area contributed by atoms with Crippen molar-refractivity contribution in [3.8, 4) is 11.8 Å². The Kier molecular flexibility index (Phi) is 7.57. The number of anilines is 2. The normalized spacial score (nSPS) is 17.4. The summed E-state index contributed by atoms with van der Waals surface area (Å²) in [6, 6.07) is 5.19. The smallest absolute Gasteiger partial charge is 0.316 e. The highest BCUT2D eigenvalue weighted by Crippen LogP contribution is 2.31. The summed E-state index contributed by atoms with van der Waals surface area (Å²) in [6.07, 6.45) is 6.81. The fraction of sp³-hybridized carbons (Fsp3) is 0.542. The van der Waals surface area contributed by atoms with Crippen molar-refractivity contribution in [1.29, 1.82) is 0 Å². The standard InChI is InChI=1S/C24H33N7O4/c32-24-27-18(16-31(33)19-4-10-34-11-5-19)14-23(28-24)26-17-12-21-20(15-25-29-21)22(13-17)35-9-3-8-30-6-1-2-7-30/h12-15,19,33H,1-11,16H2,(H,25,29)(H2,26,27,28,32). The van der Waals surface area contributed by atoms with Crippen LogP contribution in [0.4, 0.5) is 11.5 Å². The average Bonchev–Trinajstić information content (AvgIpc) is 3.54. The number of aromatic nitrogens is 4. The van der Waals surface area contributed by atoms with Gasteiger partial charge < -0.3 is 30.0 Å². The Hall–Kier alpha value is -2.99. The molecule has 0 saturated carbocycles. The Morgan fingerprint density at radius 2 is 2.00 bits per heavy atom. The molecule has 0 amide bonds. The van der Waals surface area contributed by atoms with Crippen LogP contribution in [0.3, 0.4) is 0 Å². The molecule has 2 fully saturated rings. The monoisotopic (exact) mass is 483 g/mol. The third-order valence-electron chi connectivity index (χ3n) is 6.57. The number of nitrogens with zero attached hydrogens (tertiary/aromatic N) is 5. The van der Waals surface area contributed by atoms with Gasteiger partial charge in [-0.15, -0.1) is 0 Å². The minimum absolute atomic E-state index is 0.00484. The highest BCUT2D eigenvalue weighted by atomic mass is 16.5. The lowest BCUT2D eigenvalue weighted by Crippen LogP contribution is -2.36. The Morgan fingerprint density at radius 1 is 1.17 bits per heavy atom. The zero-order valence-corrected chi connectivity index (χ0v) is 19.8. The third-order valence-corrected chi connectivity index (χ3v) is 6.57. The number of nitrogens with one attached hydrogen (secondary N) is 2. The van der Waals surface area contributed by atoms with Gasteiger partial charge in [0.2, 0.25) is 0 Å². The van der Waals surface area contributed by atoms with Gasteiger partial charge in [-0.25, -0.2) is 0 Å². The van der Waals surface area contributed by atoms with Gasteiger partial charge in [-0.3, -0.25) is 5.10 Å².